The van der Waals surface area contributed by atoms with Gasteiger partial charge in [-0.25, -0.2) is 13.2 Å². The molecule has 1 atom stereocenters. The van der Waals surface area contributed by atoms with Crippen LogP contribution in [0.5, 0.6) is 0 Å². The van der Waals surface area contributed by atoms with Gasteiger partial charge in [0.05, 0.1) is 0 Å². The fourth-order valence-electron chi connectivity index (χ4n) is 5.45. The van der Waals surface area contributed by atoms with Gasteiger partial charge in [0, 0.05) is 11.1 Å². The second kappa shape index (κ2) is 13.1. The van der Waals surface area contributed by atoms with E-state index in [1.54, 1.807) is 42.5 Å². The molecule has 1 unspecified atom stereocenters. The Bertz CT molecular complexity index is 1210. The molecule has 196 valence electrons. The molecule has 0 radical (unpaired) electrons. The van der Waals surface area contributed by atoms with Gasteiger partial charge in [0.15, 0.2) is 11.6 Å². The van der Waals surface area contributed by atoms with Crippen molar-refractivity contribution in [3.05, 3.63) is 89.3 Å². The second-order valence-electron chi connectivity index (χ2n) is 10.5. The number of unbranched alkanes of at least 4 members (excludes halogenated alkanes) is 4. The summed E-state index contributed by atoms with van der Waals surface area (Å²) in [5.74, 6) is -1.08. The minimum atomic E-state index is -0.814. The molecule has 0 amide bonds. The first-order valence-corrected chi connectivity index (χ1v) is 14.1. The Labute approximate surface area is 220 Å². The van der Waals surface area contributed by atoms with Crippen LogP contribution in [0.3, 0.4) is 0 Å². The molecule has 3 heteroatoms. The minimum Gasteiger partial charge on any atom is -0.206 e. The quantitative estimate of drug-likeness (QED) is 0.228. The molecule has 37 heavy (non-hydrogen) atoms. The SMILES string of the molecule is CCCCCc1ccc(-c2ccc(-c3ccc(C4=CCC(CCCCC)CC4)cc3F)cc2)c(F)c1F. The normalized spacial score (nSPS) is 15.6. The Balaban J connectivity index is 1.46. The molecule has 0 spiro atoms. The van der Waals surface area contributed by atoms with Gasteiger partial charge in [-0.3, -0.25) is 0 Å². The standard InChI is InChI=1S/C34H39F3/c1-3-5-7-9-24-11-13-25(14-12-24)29-20-21-30(32(35)23-29)26-15-17-27(18-16-26)31-22-19-28(10-8-6-4-2)33(36)34(31)37/h13,15-24H,3-12,14H2,1-2H3. The molecule has 0 nitrogen and oxygen atoms in total. The van der Waals surface area contributed by atoms with E-state index in [0.717, 1.165) is 49.1 Å². The fourth-order valence-corrected chi connectivity index (χ4v) is 5.45. The highest BCUT2D eigenvalue weighted by molar-refractivity contribution is 5.74. The number of hydrogen-bond acceptors (Lipinski definition) is 0. The van der Waals surface area contributed by atoms with Gasteiger partial charge in [0.1, 0.15) is 5.82 Å². The number of hydrogen-bond donors (Lipinski definition) is 0. The van der Waals surface area contributed by atoms with Crippen molar-refractivity contribution in [2.45, 2.75) is 84.5 Å². The highest BCUT2D eigenvalue weighted by Gasteiger charge is 2.18. The third-order valence-electron chi connectivity index (χ3n) is 7.79. The van der Waals surface area contributed by atoms with Gasteiger partial charge in [-0.05, 0) is 71.9 Å². The summed E-state index contributed by atoms with van der Waals surface area (Å²) in [5.41, 5.74) is 4.67. The lowest BCUT2D eigenvalue weighted by atomic mass is 9.83. The van der Waals surface area contributed by atoms with Crippen molar-refractivity contribution in [2.24, 2.45) is 5.92 Å². The van der Waals surface area contributed by atoms with Crippen LogP contribution < -0.4 is 0 Å². The number of allylic oxidation sites excluding steroid dienone is 2. The Morgan fingerprint density at radius 3 is 2.00 bits per heavy atom. The van der Waals surface area contributed by atoms with Crippen molar-refractivity contribution in [1.82, 2.24) is 0 Å². The first-order valence-electron chi connectivity index (χ1n) is 14.1. The van der Waals surface area contributed by atoms with Crippen molar-refractivity contribution >= 4 is 5.57 Å². The molecule has 3 aromatic rings. The average Bonchev–Trinajstić information content (AvgIpc) is 2.92. The highest BCUT2D eigenvalue weighted by Crippen LogP contribution is 2.35. The zero-order valence-electron chi connectivity index (χ0n) is 22.3. The predicted molar refractivity (Wildman–Crippen MR) is 150 cm³/mol. The third-order valence-corrected chi connectivity index (χ3v) is 7.79. The lowest BCUT2D eigenvalue weighted by molar-refractivity contribution is 0.428. The van der Waals surface area contributed by atoms with Crippen molar-refractivity contribution in [3.63, 3.8) is 0 Å². The van der Waals surface area contributed by atoms with Gasteiger partial charge >= 0.3 is 0 Å². The smallest absolute Gasteiger partial charge is 0.166 e. The van der Waals surface area contributed by atoms with Gasteiger partial charge in [-0.1, -0.05) is 107 Å². The molecule has 0 N–H and O–H groups in total. The molecule has 0 fully saturated rings. The highest BCUT2D eigenvalue weighted by atomic mass is 19.2. The van der Waals surface area contributed by atoms with E-state index >= 15 is 4.39 Å². The largest absolute Gasteiger partial charge is 0.206 e. The van der Waals surface area contributed by atoms with E-state index in [-0.39, 0.29) is 11.4 Å². The zero-order chi connectivity index (χ0) is 26.2. The molecule has 0 bridgehead atoms. The van der Waals surface area contributed by atoms with Crippen molar-refractivity contribution in [1.29, 1.82) is 0 Å². The molecule has 3 aromatic carbocycles. The molecule has 0 saturated heterocycles. The first-order chi connectivity index (χ1) is 18.0. The van der Waals surface area contributed by atoms with Crippen LogP contribution in [0.25, 0.3) is 27.8 Å². The second-order valence-corrected chi connectivity index (χ2v) is 10.5. The molecule has 0 aliphatic heterocycles. The van der Waals surface area contributed by atoms with Crippen LogP contribution in [0.1, 0.15) is 89.2 Å². The maximum absolute atomic E-state index is 15.1. The summed E-state index contributed by atoms with van der Waals surface area (Å²) >= 11 is 0. The van der Waals surface area contributed by atoms with Crippen molar-refractivity contribution in [2.75, 3.05) is 0 Å². The topological polar surface area (TPSA) is 0 Å². The van der Waals surface area contributed by atoms with Crippen LogP contribution in [0, 0.1) is 23.4 Å². The molecular weight excluding hydrogens is 465 g/mol. The molecular formula is C34H39F3. The summed E-state index contributed by atoms with van der Waals surface area (Å²) in [4.78, 5) is 0. The maximum atomic E-state index is 15.1. The number of halogens is 3. The predicted octanol–water partition coefficient (Wildman–Crippen LogP) is 10.9. The zero-order valence-corrected chi connectivity index (χ0v) is 22.3. The average molecular weight is 505 g/mol. The van der Waals surface area contributed by atoms with Gasteiger partial charge < -0.3 is 0 Å². The van der Waals surface area contributed by atoms with Crippen LogP contribution in [-0.4, -0.2) is 0 Å². The van der Waals surface area contributed by atoms with Gasteiger partial charge in [-0.15, -0.1) is 0 Å². The minimum absolute atomic E-state index is 0.233. The van der Waals surface area contributed by atoms with Crippen LogP contribution in [0.15, 0.2) is 60.7 Å². The van der Waals surface area contributed by atoms with Gasteiger partial charge in [0.25, 0.3) is 0 Å². The summed E-state index contributed by atoms with van der Waals surface area (Å²) in [6, 6.07) is 15.8. The van der Waals surface area contributed by atoms with Crippen LogP contribution in [-0.2, 0) is 6.42 Å². The number of aryl methyl sites for hydroxylation is 1. The van der Waals surface area contributed by atoms with E-state index in [2.05, 4.69) is 19.9 Å². The van der Waals surface area contributed by atoms with Gasteiger partial charge in [0.2, 0.25) is 0 Å². The van der Waals surface area contributed by atoms with E-state index in [1.165, 1.54) is 37.7 Å². The van der Waals surface area contributed by atoms with Crippen LogP contribution in [0.4, 0.5) is 13.2 Å². The Hall–Kier alpha value is -2.81. The Morgan fingerprint density at radius 2 is 1.35 bits per heavy atom. The third kappa shape index (κ3) is 6.74. The van der Waals surface area contributed by atoms with Crippen molar-refractivity contribution < 1.29 is 13.2 Å². The van der Waals surface area contributed by atoms with E-state index in [0.29, 0.717) is 23.1 Å². The van der Waals surface area contributed by atoms with E-state index in [9.17, 15) is 8.78 Å². The summed E-state index contributed by atoms with van der Waals surface area (Å²) in [6.45, 7) is 4.32. The Kier molecular flexibility index (Phi) is 9.66. The molecule has 1 aliphatic carbocycles. The molecule has 1 aliphatic rings. The molecule has 0 saturated carbocycles. The summed E-state index contributed by atoms with van der Waals surface area (Å²) in [7, 11) is 0. The summed E-state index contributed by atoms with van der Waals surface area (Å²) in [6.07, 6.45) is 14.1. The Morgan fingerprint density at radius 1 is 0.703 bits per heavy atom. The van der Waals surface area contributed by atoms with Crippen LogP contribution >= 0.6 is 0 Å². The van der Waals surface area contributed by atoms with Crippen LogP contribution in [0.2, 0.25) is 0 Å². The molecule has 0 heterocycles. The van der Waals surface area contributed by atoms with E-state index in [4.69, 9.17) is 0 Å². The monoisotopic (exact) mass is 504 g/mol. The maximum Gasteiger partial charge on any atom is 0.166 e. The van der Waals surface area contributed by atoms with Crippen molar-refractivity contribution in [3.8, 4) is 22.3 Å². The summed E-state index contributed by atoms with van der Waals surface area (Å²) in [5, 5.41) is 0. The molecule has 4 rings (SSSR count). The lowest BCUT2D eigenvalue weighted by Gasteiger charge is -2.22. The lowest BCUT2D eigenvalue weighted by Crippen LogP contribution is -2.05. The van der Waals surface area contributed by atoms with Gasteiger partial charge in [-0.2, -0.15) is 0 Å². The fraction of sp³-hybridized carbons (Fsp3) is 0.412. The van der Waals surface area contributed by atoms with E-state index < -0.39 is 11.6 Å². The van der Waals surface area contributed by atoms with E-state index in [1.807, 2.05) is 12.1 Å². The number of benzene rings is 3. The summed E-state index contributed by atoms with van der Waals surface area (Å²) < 4.78 is 44.6. The molecule has 0 aromatic heterocycles. The number of rotatable bonds is 11. The first kappa shape index (κ1) is 27.2.